The number of carbonyl (C=O) groups excluding carboxylic acids is 2. The van der Waals surface area contributed by atoms with Crippen molar-refractivity contribution in [1.82, 2.24) is 10.3 Å². The Morgan fingerprint density at radius 1 is 1.33 bits per heavy atom. The summed E-state index contributed by atoms with van der Waals surface area (Å²) >= 11 is 0. The van der Waals surface area contributed by atoms with Crippen molar-refractivity contribution in [3.8, 4) is 0 Å². The molecule has 1 aliphatic rings. The molecule has 1 aromatic rings. The van der Waals surface area contributed by atoms with Crippen LogP contribution in [0.25, 0.3) is 0 Å². The largest absolute Gasteiger partial charge is 0.394 e. The van der Waals surface area contributed by atoms with Gasteiger partial charge in [-0.15, -0.1) is 0 Å². The molecule has 0 atom stereocenters. The van der Waals surface area contributed by atoms with Crippen LogP contribution >= 0.6 is 0 Å². The Morgan fingerprint density at radius 3 is 2.43 bits per heavy atom. The van der Waals surface area contributed by atoms with E-state index >= 15 is 0 Å². The first kappa shape index (κ1) is 15.8. The Bertz CT molecular complexity index is 554. The van der Waals surface area contributed by atoms with Crippen LogP contribution in [0.15, 0.2) is 0 Å². The number of aromatic amines is 1. The van der Waals surface area contributed by atoms with Crippen molar-refractivity contribution >= 4 is 11.7 Å². The summed E-state index contributed by atoms with van der Waals surface area (Å²) < 4.78 is 0. The van der Waals surface area contributed by atoms with E-state index in [0.717, 1.165) is 36.9 Å². The van der Waals surface area contributed by atoms with Gasteiger partial charge in [0, 0.05) is 11.3 Å². The van der Waals surface area contributed by atoms with Gasteiger partial charge in [0.05, 0.1) is 12.1 Å². The number of hydrogen-bond acceptors (Lipinski definition) is 3. The summed E-state index contributed by atoms with van der Waals surface area (Å²) in [5, 5.41) is 12.6. The van der Waals surface area contributed by atoms with Crippen LogP contribution in [0, 0.1) is 6.92 Å². The average molecular weight is 292 g/mol. The van der Waals surface area contributed by atoms with Crippen LogP contribution in [-0.2, 0) is 6.42 Å². The maximum atomic E-state index is 12.6. The minimum Gasteiger partial charge on any atom is -0.394 e. The van der Waals surface area contributed by atoms with Gasteiger partial charge in [-0.3, -0.25) is 9.59 Å². The minimum absolute atomic E-state index is 0.0302. The summed E-state index contributed by atoms with van der Waals surface area (Å²) in [4.78, 5) is 27.4. The van der Waals surface area contributed by atoms with Crippen LogP contribution < -0.4 is 5.32 Å². The molecule has 21 heavy (non-hydrogen) atoms. The van der Waals surface area contributed by atoms with Gasteiger partial charge in [-0.2, -0.15) is 0 Å². The molecule has 1 amide bonds. The Kier molecular flexibility index (Phi) is 4.52. The fourth-order valence-corrected chi connectivity index (χ4v) is 3.38. The summed E-state index contributed by atoms with van der Waals surface area (Å²) in [6.07, 6.45) is 4.26. The first-order valence-corrected chi connectivity index (χ1v) is 7.60. The zero-order chi connectivity index (χ0) is 15.6. The van der Waals surface area contributed by atoms with Crippen LogP contribution in [0.2, 0.25) is 0 Å². The van der Waals surface area contributed by atoms with Gasteiger partial charge in [0.2, 0.25) is 0 Å². The van der Waals surface area contributed by atoms with E-state index in [-0.39, 0.29) is 18.3 Å². The second kappa shape index (κ2) is 6.02. The number of hydrogen-bond donors (Lipinski definition) is 3. The Balaban J connectivity index is 2.31. The lowest BCUT2D eigenvalue weighted by Gasteiger charge is -2.27. The molecule has 0 bridgehead atoms. The molecule has 3 N–H and O–H groups in total. The van der Waals surface area contributed by atoms with Crippen molar-refractivity contribution in [2.75, 3.05) is 6.61 Å². The highest BCUT2D eigenvalue weighted by molar-refractivity contribution is 6.02. The maximum absolute atomic E-state index is 12.6. The molecule has 0 saturated heterocycles. The SMILES string of the molecule is CCc1c(C(=O)NC2(CO)CCCC2)[nH]c(C)c1C(C)=O. The molecule has 116 valence electrons. The van der Waals surface area contributed by atoms with Gasteiger partial charge in [-0.25, -0.2) is 0 Å². The van der Waals surface area contributed by atoms with Crippen molar-refractivity contribution < 1.29 is 14.7 Å². The predicted molar refractivity (Wildman–Crippen MR) is 80.7 cm³/mol. The second-order valence-electron chi connectivity index (χ2n) is 5.99. The van der Waals surface area contributed by atoms with Gasteiger partial charge in [0.1, 0.15) is 5.69 Å². The highest BCUT2D eigenvalue weighted by Gasteiger charge is 2.36. The number of Topliss-reactive ketones (excluding diaryl/α,β-unsaturated/α-hetero) is 1. The molecule has 1 heterocycles. The lowest BCUT2D eigenvalue weighted by atomic mass is 9.97. The number of aromatic nitrogens is 1. The molecule has 0 aliphatic heterocycles. The summed E-state index contributed by atoms with van der Waals surface area (Å²) in [5.74, 6) is -0.254. The van der Waals surface area contributed by atoms with Gasteiger partial charge < -0.3 is 15.4 Å². The molecular formula is C16H24N2O3. The standard InChI is InChI=1S/C16H24N2O3/c1-4-12-13(11(3)20)10(2)17-14(12)15(21)18-16(9-19)7-5-6-8-16/h17,19H,4-9H2,1-3H3,(H,18,21). The first-order valence-electron chi connectivity index (χ1n) is 7.60. The van der Waals surface area contributed by atoms with E-state index in [9.17, 15) is 14.7 Å². The van der Waals surface area contributed by atoms with Crippen LogP contribution in [0.3, 0.4) is 0 Å². The lowest BCUT2D eigenvalue weighted by Crippen LogP contribution is -2.49. The van der Waals surface area contributed by atoms with Crippen LogP contribution in [0.4, 0.5) is 0 Å². The fourth-order valence-electron chi connectivity index (χ4n) is 3.38. The van der Waals surface area contributed by atoms with Gasteiger partial charge in [-0.1, -0.05) is 19.8 Å². The molecule has 0 radical (unpaired) electrons. The van der Waals surface area contributed by atoms with E-state index in [2.05, 4.69) is 10.3 Å². The number of aliphatic hydroxyl groups excluding tert-OH is 1. The highest BCUT2D eigenvalue weighted by atomic mass is 16.3. The van der Waals surface area contributed by atoms with Gasteiger partial charge in [0.15, 0.2) is 5.78 Å². The monoisotopic (exact) mass is 292 g/mol. The number of carbonyl (C=O) groups is 2. The van der Waals surface area contributed by atoms with E-state index in [1.165, 1.54) is 6.92 Å². The number of amides is 1. The third-order valence-electron chi connectivity index (χ3n) is 4.47. The van der Waals surface area contributed by atoms with E-state index < -0.39 is 5.54 Å². The van der Waals surface area contributed by atoms with Crippen molar-refractivity contribution in [2.45, 2.75) is 58.4 Å². The summed E-state index contributed by atoms with van der Waals surface area (Å²) in [6.45, 7) is 5.22. The van der Waals surface area contributed by atoms with Crippen molar-refractivity contribution in [1.29, 1.82) is 0 Å². The normalized spacial score (nSPS) is 17.0. The summed E-state index contributed by atoms with van der Waals surface area (Å²) in [7, 11) is 0. The fraction of sp³-hybridized carbons (Fsp3) is 0.625. The van der Waals surface area contributed by atoms with Crippen molar-refractivity contribution in [3.05, 3.63) is 22.5 Å². The smallest absolute Gasteiger partial charge is 0.268 e. The maximum Gasteiger partial charge on any atom is 0.268 e. The molecule has 0 aromatic carbocycles. The van der Waals surface area contributed by atoms with E-state index in [4.69, 9.17) is 0 Å². The third-order valence-corrected chi connectivity index (χ3v) is 4.47. The van der Waals surface area contributed by atoms with Crippen molar-refractivity contribution in [2.24, 2.45) is 0 Å². The Labute approximate surface area is 125 Å². The quantitative estimate of drug-likeness (QED) is 0.727. The highest BCUT2D eigenvalue weighted by Crippen LogP contribution is 2.30. The zero-order valence-corrected chi connectivity index (χ0v) is 13.0. The molecular weight excluding hydrogens is 268 g/mol. The first-order chi connectivity index (χ1) is 9.94. The van der Waals surface area contributed by atoms with Gasteiger partial charge in [0.25, 0.3) is 5.91 Å². The number of rotatable bonds is 5. The molecule has 2 rings (SSSR count). The molecule has 1 aliphatic carbocycles. The summed E-state index contributed by atoms with van der Waals surface area (Å²) in [6, 6.07) is 0. The van der Waals surface area contributed by atoms with E-state index in [1.54, 1.807) is 0 Å². The molecule has 0 unspecified atom stereocenters. The number of H-pyrrole nitrogens is 1. The number of aryl methyl sites for hydroxylation is 1. The molecule has 5 heteroatoms. The average Bonchev–Trinajstić information content (AvgIpc) is 3.03. The third kappa shape index (κ3) is 2.88. The summed E-state index contributed by atoms with van der Waals surface area (Å²) in [5.41, 5.74) is 2.07. The molecule has 5 nitrogen and oxygen atoms in total. The van der Waals surface area contributed by atoms with Crippen LogP contribution in [-0.4, -0.2) is 33.9 Å². The molecule has 0 spiro atoms. The molecule has 1 saturated carbocycles. The number of aliphatic hydroxyl groups is 1. The zero-order valence-electron chi connectivity index (χ0n) is 13.0. The Morgan fingerprint density at radius 2 is 1.95 bits per heavy atom. The van der Waals surface area contributed by atoms with Crippen molar-refractivity contribution in [3.63, 3.8) is 0 Å². The second-order valence-corrected chi connectivity index (χ2v) is 5.99. The van der Waals surface area contributed by atoms with Crippen LogP contribution in [0.1, 0.15) is 71.6 Å². The predicted octanol–water partition coefficient (Wildman–Crippen LogP) is 2.12. The number of nitrogens with one attached hydrogen (secondary N) is 2. The minimum atomic E-state index is -0.502. The lowest BCUT2D eigenvalue weighted by molar-refractivity contribution is 0.0833. The Hall–Kier alpha value is -1.62. The van der Waals surface area contributed by atoms with Gasteiger partial charge in [-0.05, 0) is 38.7 Å². The molecule has 1 aromatic heterocycles. The van der Waals surface area contributed by atoms with Crippen LogP contribution in [0.5, 0.6) is 0 Å². The van der Waals surface area contributed by atoms with E-state index in [1.807, 2.05) is 13.8 Å². The van der Waals surface area contributed by atoms with E-state index in [0.29, 0.717) is 17.7 Å². The molecule has 1 fully saturated rings. The topological polar surface area (TPSA) is 82.2 Å². The van der Waals surface area contributed by atoms with Gasteiger partial charge >= 0.3 is 0 Å². The number of ketones is 1.